The van der Waals surface area contributed by atoms with Crippen molar-refractivity contribution >= 4 is 6.03 Å². The van der Waals surface area contributed by atoms with Gasteiger partial charge in [0.25, 0.3) is 0 Å². The molecule has 21 heavy (non-hydrogen) atoms. The van der Waals surface area contributed by atoms with Crippen LogP contribution in [0.25, 0.3) is 0 Å². The van der Waals surface area contributed by atoms with E-state index in [1.54, 1.807) is 0 Å². The van der Waals surface area contributed by atoms with Gasteiger partial charge in [-0.3, -0.25) is 4.90 Å². The number of urea groups is 1. The van der Waals surface area contributed by atoms with Gasteiger partial charge in [0.1, 0.15) is 0 Å². The van der Waals surface area contributed by atoms with Crippen molar-refractivity contribution in [2.75, 3.05) is 32.7 Å². The predicted molar refractivity (Wildman–Crippen MR) is 78.8 cm³/mol. The van der Waals surface area contributed by atoms with Gasteiger partial charge < -0.3 is 14.7 Å². The van der Waals surface area contributed by atoms with Gasteiger partial charge in [-0.15, -0.1) is 0 Å². The fourth-order valence-corrected chi connectivity index (χ4v) is 2.37. The van der Waals surface area contributed by atoms with Crippen molar-refractivity contribution in [2.24, 2.45) is 5.92 Å². The van der Waals surface area contributed by atoms with E-state index in [1.807, 2.05) is 11.8 Å². The van der Waals surface area contributed by atoms with Gasteiger partial charge in [0.2, 0.25) is 5.89 Å². The molecule has 1 aliphatic rings. The minimum absolute atomic E-state index is 0.0224. The van der Waals surface area contributed by atoms with E-state index in [9.17, 15) is 4.79 Å². The van der Waals surface area contributed by atoms with E-state index in [0.29, 0.717) is 24.9 Å². The van der Waals surface area contributed by atoms with Crippen LogP contribution < -0.4 is 5.32 Å². The van der Waals surface area contributed by atoms with Gasteiger partial charge in [0.05, 0.1) is 6.54 Å². The van der Waals surface area contributed by atoms with Gasteiger partial charge in [-0.2, -0.15) is 4.98 Å². The first-order chi connectivity index (χ1) is 10.1. The highest BCUT2D eigenvalue weighted by Gasteiger charge is 2.22. The second-order valence-electron chi connectivity index (χ2n) is 5.80. The van der Waals surface area contributed by atoms with E-state index >= 15 is 0 Å². The van der Waals surface area contributed by atoms with Crippen molar-refractivity contribution in [1.29, 1.82) is 0 Å². The van der Waals surface area contributed by atoms with Crippen LogP contribution in [0.15, 0.2) is 4.52 Å². The highest BCUT2D eigenvalue weighted by molar-refractivity contribution is 5.74. The molecular formula is C14H25N5O2. The first-order valence-corrected chi connectivity index (χ1v) is 7.65. The van der Waals surface area contributed by atoms with Crippen LogP contribution in [0.5, 0.6) is 0 Å². The predicted octanol–water partition coefficient (Wildman–Crippen LogP) is 1.12. The number of aromatic nitrogens is 2. The smallest absolute Gasteiger partial charge is 0.317 e. The molecule has 2 heterocycles. The molecule has 2 rings (SSSR count). The zero-order valence-corrected chi connectivity index (χ0v) is 13.1. The van der Waals surface area contributed by atoms with Crippen LogP contribution in [0.4, 0.5) is 4.79 Å². The Morgan fingerprint density at radius 3 is 2.67 bits per heavy atom. The maximum atomic E-state index is 11.7. The van der Waals surface area contributed by atoms with Crippen LogP contribution in [0.3, 0.4) is 0 Å². The number of hydrogen-bond donors (Lipinski definition) is 1. The number of nitrogens with one attached hydrogen (secondary N) is 1. The molecule has 1 aliphatic heterocycles. The van der Waals surface area contributed by atoms with Gasteiger partial charge in [-0.25, -0.2) is 4.79 Å². The molecule has 2 amide bonds. The van der Waals surface area contributed by atoms with Gasteiger partial charge in [0.15, 0.2) is 5.82 Å². The summed E-state index contributed by atoms with van der Waals surface area (Å²) in [6.45, 7) is 10.7. The maximum absolute atomic E-state index is 11.7. The molecule has 118 valence electrons. The zero-order chi connectivity index (χ0) is 15.2. The Kier molecular flexibility index (Phi) is 5.55. The van der Waals surface area contributed by atoms with Crippen molar-refractivity contribution in [3.63, 3.8) is 0 Å². The monoisotopic (exact) mass is 295 g/mol. The lowest BCUT2D eigenvalue weighted by Gasteiger charge is -2.33. The molecule has 1 fully saturated rings. The Bertz CT molecular complexity index is 452. The Balaban J connectivity index is 1.78. The van der Waals surface area contributed by atoms with E-state index in [0.717, 1.165) is 38.4 Å². The lowest BCUT2D eigenvalue weighted by Crippen LogP contribution is -2.51. The standard InChI is InChI=1S/C14H25N5O2/c1-4-15-14(20)19-7-5-18(6-8-19)10-13-16-12(17-21-13)9-11(2)3/h11H,4-10H2,1-3H3,(H,15,20). The van der Waals surface area contributed by atoms with Gasteiger partial charge >= 0.3 is 6.03 Å². The largest absolute Gasteiger partial charge is 0.338 e. The second kappa shape index (κ2) is 7.40. The first-order valence-electron chi connectivity index (χ1n) is 7.65. The molecule has 0 aromatic carbocycles. The Morgan fingerprint density at radius 2 is 2.05 bits per heavy atom. The average Bonchev–Trinajstić information content (AvgIpc) is 2.86. The Labute approximate surface area is 125 Å². The molecule has 1 saturated heterocycles. The number of nitrogens with zero attached hydrogens (tertiary/aromatic N) is 4. The molecule has 0 radical (unpaired) electrons. The molecule has 7 nitrogen and oxygen atoms in total. The summed E-state index contributed by atoms with van der Waals surface area (Å²) in [5, 5.41) is 6.83. The zero-order valence-electron chi connectivity index (χ0n) is 13.1. The summed E-state index contributed by atoms with van der Waals surface area (Å²) in [6.07, 6.45) is 0.842. The van der Waals surface area contributed by atoms with Crippen LogP contribution in [0.1, 0.15) is 32.5 Å². The number of amides is 2. The third-order valence-electron chi connectivity index (χ3n) is 3.45. The summed E-state index contributed by atoms with van der Waals surface area (Å²) < 4.78 is 5.29. The molecule has 0 spiro atoms. The fraction of sp³-hybridized carbons (Fsp3) is 0.786. The van der Waals surface area contributed by atoms with Crippen molar-refractivity contribution in [3.05, 3.63) is 11.7 Å². The molecule has 0 aliphatic carbocycles. The number of rotatable bonds is 5. The lowest BCUT2D eigenvalue weighted by molar-refractivity contribution is 0.127. The van der Waals surface area contributed by atoms with Crippen LogP contribution in [-0.2, 0) is 13.0 Å². The van der Waals surface area contributed by atoms with Crippen molar-refractivity contribution < 1.29 is 9.32 Å². The second-order valence-corrected chi connectivity index (χ2v) is 5.80. The van der Waals surface area contributed by atoms with Crippen LogP contribution in [-0.4, -0.2) is 58.7 Å². The van der Waals surface area contributed by atoms with E-state index in [2.05, 4.69) is 34.2 Å². The average molecular weight is 295 g/mol. The van der Waals surface area contributed by atoms with Crippen molar-refractivity contribution in [2.45, 2.75) is 33.7 Å². The molecule has 0 bridgehead atoms. The summed E-state index contributed by atoms with van der Waals surface area (Å²) in [5.41, 5.74) is 0. The van der Waals surface area contributed by atoms with Crippen LogP contribution >= 0.6 is 0 Å². The third kappa shape index (κ3) is 4.70. The topological polar surface area (TPSA) is 74.5 Å². The Morgan fingerprint density at radius 1 is 1.33 bits per heavy atom. The third-order valence-corrected chi connectivity index (χ3v) is 3.45. The minimum atomic E-state index is 0.0224. The summed E-state index contributed by atoms with van der Waals surface area (Å²) in [5.74, 6) is 1.97. The number of carbonyl (C=O) groups is 1. The number of piperazine rings is 1. The van der Waals surface area contributed by atoms with Crippen LogP contribution in [0, 0.1) is 5.92 Å². The first kappa shape index (κ1) is 15.8. The number of hydrogen-bond acceptors (Lipinski definition) is 5. The van der Waals surface area contributed by atoms with Crippen molar-refractivity contribution in [1.82, 2.24) is 25.3 Å². The molecule has 0 atom stereocenters. The molecule has 0 unspecified atom stereocenters. The van der Waals surface area contributed by atoms with Gasteiger partial charge in [-0.05, 0) is 12.8 Å². The van der Waals surface area contributed by atoms with Gasteiger partial charge in [0, 0.05) is 39.1 Å². The molecule has 1 aromatic heterocycles. The Hall–Kier alpha value is -1.63. The minimum Gasteiger partial charge on any atom is -0.338 e. The number of carbonyl (C=O) groups excluding carboxylic acids is 1. The normalized spacial score (nSPS) is 16.5. The molecule has 0 saturated carbocycles. The van der Waals surface area contributed by atoms with E-state index in [1.165, 1.54) is 0 Å². The van der Waals surface area contributed by atoms with Crippen LogP contribution in [0.2, 0.25) is 0 Å². The maximum Gasteiger partial charge on any atom is 0.317 e. The fourth-order valence-electron chi connectivity index (χ4n) is 2.37. The SMILES string of the molecule is CCNC(=O)N1CCN(Cc2nc(CC(C)C)no2)CC1. The van der Waals surface area contributed by atoms with E-state index in [4.69, 9.17) is 4.52 Å². The molecule has 1 N–H and O–H groups in total. The summed E-state index contributed by atoms with van der Waals surface area (Å²) >= 11 is 0. The quantitative estimate of drug-likeness (QED) is 0.881. The van der Waals surface area contributed by atoms with E-state index in [-0.39, 0.29) is 6.03 Å². The van der Waals surface area contributed by atoms with Crippen molar-refractivity contribution in [3.8, 4) is 0 Å². The summed E-state index contributed by atoms with van der Waals surface area (Å²) in [6, 6.07) is 0.0224. The molecule has 1 aromatic rings. The highest BCUT2D eigenvalue weighted by atomic mass is 16.5. The molecular weight excluding hydrogens is 270 g/mol. The highest BCUT2D eigenvalue weighted by Crippen LogP contribution is 2.09. The summed E-state index contributed by atoms with van der Waals surface area (Å²) in [7, 11) is 0. The molecule has 7 heteroatoms. The lowest BCUT2D eigenvalue weighted by atomic mass is 10.1. The summed E-state index contributed by atoms with van der Waals surface area (Å²) in [4.78, 5) is 20.2. The van der Waals surface area contributed by atoms with Gasteiger partial charge in [-0.1, -0.05) is 19.0 Å². The van der Waals surface area contributed by atoms with E-state index < -0.39 is 0 Å².